The molecule has 0 bridgehead atoms. The van der Waals surface area contributed by atoms with Gasteiger partial charge in [0.2, 0.25) is 5.95 Å². The second-order valence-electron chi connectivity index (χ2n) is 7.54. The van der Waals surface area contributed by atoms with Gasteiger partial charge in [-0.15, -0.1) is 11.3 Å². The lowest BCUT2D eigenvalue weighted by molar-refractivity contribution is 0.172. The van der Waals surface area contributed by atoms with Crippen molar-refractivity contribution in [3.63, 3.8) is 0 Å². The van der Waals surface area contributed by atoms with Crippen molar-refractivity contribution in [3.05, 3.63) is 40.8 Å². The molecule has 4 heterocycles. The zero-order valence-electron chi connectivity index (χ0n) is 16.3. The van der Waals surface area contributed by atoms with Crippen molar-refractivity contribution in [3.8, 4) is 0 Å². The van der Waals surface area contributed by atoms with Crippen LogP contribution in [0, 0.1) is 5.92 Å². The van der Waals surface area contributed by atoms with Crippen LogP contribution in [0.2, 0.25) is 0 Å². The summed E-state index contributed by atoms with van der Waals surface area (Å²) in [5.41, 5.74) is 6.31. The highest BCUT2D eigenvalue weighted by atomic mass is 32.1. The van der Waals surface area contributed by atoms with Gasteiger partial charge in [-0.05, 0) is 42.8 Å². The second kappa shape index (κ2) is 9.34. The molecule has 1 atom stereocenters. The average Bonchev–Trinajstić information content (AvgIpc) is 3.26. The Morgan fingerprint density at radius 3 is 2.71 bits per heavy atom. The van der Waals surface area contributed by atoms with Gasteiger partial charge in [-0.1, -0.05) is 6.07 Å². The number of piperazine rings is 1. The van der Waals surface area contributed by atoms with Crippen LogP contribution in [0.15, 0.2) is 41.0 Å². The average molecular weight is 400 g/mol. The van der Waals surface area contributed by atoms with Gasteiger partial charge in [-0.2, -0.15) is 0 Å². The molecule has 7 nitrogen and oxygen atoms in total. The fraction of sp³-hybridized carbons (Fsp3) is 0.550. The number of hydrogen-bond donors (Lipinski definition) is 1. The molecule has 8 heteroatoms. The van der Waals surface area contributed by atoms with Crippen LogP contribution in [-0.4, -0.2) is 71.5 Å². The molecule has 2 N–H and O–H groups in total. The van der Waals surface area contributed by atoms with Crippen LogP contribution in [0.25, 0.3) is 0 Å². The Bertz CT molecular complexity index is 741. The first kappa shape index (κ1) is 19.1. The molecule has 2 aliphatic rings. The largest absolute Gasteiger partial charge is 0.370 e. The third-order valence-corrected chi connectivity index (χ3v) is 6.37. The van der Waals surface area contributed by atoms with Gasteiger partial charge in [-0.3, -0.25) is 9.89 Å². The normalized spacial score (nSPS) is 21.9. The van der Waals surface area contributed by atoms with Gasteiger partial charge in [0.25, 0.3) is 0 Å². The Balaban J connectivity index is 1.24. The fourth-order valence-electron chi connectivity index (χ4n) is 3.98. The first-order chi connectivity index (χ1) is 13.8. The lowest BCUT2D eigenvalue weighted by Gasteiger charge is -2.35. The van der Waals surface area contributed by atoms with Crippen LogP contribution in [0.4, 0.5) is 5.95 Å². The lowest BCUT2D eigenvalue weighted by Crippen LogP contribution is -2.51. The number of anilines is 1. The number of likely N-dealkylation sites (tertiary alicyclic amines) is 1. The summed E-state index contributed by atoms with van der Waals surface area (Å²) in [6.45, 7) is 7.68. The van der Waals surface area contributed by atoms with Crippen molar-refractivity contribution in [1.82, 2.24) is 19.8 Å². The standard InChI is InChI=1S/C20H29N7S/c21-19(26-9-11-27(12-10-26)20-22-6-3-7-23-20)24-14-17-4-1-8-25(15-17)16-18-5-2-13-28-18/h2-3,5-7,13,17H,1,4,8-12,14-16H2,(H2,21,24). The predicted molar refractivity (Wildman–Crippen MR) is 115 cm³/mol. The van der Waals surface area contributed by atoms with E-state index in [1.165, 1.54) is 24.3 Å². The Morgan fingerprint density at radius 2 is 1.96 bits per heavy atom. The zero-order valence-corrected chi connectivity index (χ0v) is 17.1. The molecule has 1 unspecified atom stereocenters. The van der Waals surface area contributed by atoms with Gasteiger partial charge in [-0.25, -0.2) is 9.97 Å². The molecule has 0 amide bonds. The Morgan fingerprint density at radius 1 is 1.14 bits per heavy atom. The maximum Gasteiger partial charge on any atom is 0.225 e. The van der Waals surface area contributed by atoms with E-state index in [2.05, 4.69) is 42.2 Å². The number of hydrogen-bond acceptors (Lipinski definition) is 6. The van der Waals surface area contributed by atoms with Gasteiger partial charge in [0.15, 0.2) is 5.96 Å². The number of piperidine rings is 1. The van der Waals surface area contributed by atoms with Crippen LogP contribution < -0.4 is 10.6 Å². The molecule has 0 aliphatic carbocycles. The van der Waals surface area contributed by atoms with E-state index in [1.54, 1.807) is 12.4 Å². The monoisotopic (exact) mass is 399 g/mol. The van der Waals surface area contributed by atoms with Crippen LogP contribution in [-0.2, 0) is 6.54 Å². The van der Waals surface area contributed by atoms with Crippen molar-refractivity contribution in [1.29, 1.82) is 0 Å². The predicted octanol–water partition coefficient (Wildman–Crippen LogP) is 1.89. The molecule has 0 saturated carbocycles. The highest BCUT2D eigenvalue weighted by molar-refractivity contribution is 7.09. The SMILES string of the molecule is NC(=NCC1CCCN(Cc2cccs2)C1)N1CCN(c2ncccn2)CC1. The van der Waals surface area contributed by atoms with Gasteiger partial charge < -0.3 is 15.5 Å². The fourth-order valence-corrected chi connectivity index (χ4v) is 4.73. The third kappa shape index (κ3) is 4.99. The number of rotatable bonds is 5. The molecule has 2 aliphatic heterocycles. The van der Waals surface area contributed by atoms with Crippen LogP contribution in [0.5, 0.6) is 0 Å². The number of aromatic nitrogens is 2. The van der Waals surface area contributed by atoms with Crippen molar-refractivity contribution in [2.75, 3.05) is 50.7 Å². The van der Waals surface area contributed by atoms with Gasteiger partial charge >= 0.3 is 0 Å². The number of nitrogens with two attached hydrogens (primary N) is 1. The summed E-state index contributed by atoms with van der Waals surface area (Å²) >= 11 is 1.84. The van der Waals surface area contributed by atoms with Gasteiger partial charge in [0.05, 0.1) is 0 Å². The second-order valence-corrected chi connectivity index (χ2v) is 8.58. The number of thiophene rings is 1. The van der Waals surface area contributed by atoms with Crippen molar-refractivity contribution in [2.24, 2.45) is 16.6 Å². The molecule has 2 saturated heterocycles. The van der Waals surface area contributed by atoms with E-state index in [4.69, 9.17) is 10.7 Å². The number of nitrogens with zero attached hydrogens (tertiary/aromatic N) is 6. The molecule has 150 valence electrons. The summed E-state index contributed by atoms with van der Waals surface area (Å²) in [5.74, 6) is 2.08. The minimum atomic E-state index is 0.603. The Kier molecular flexibility index (Phi) is 6.38. The van der Waals surface area contributed by atoms with Crippen molar-refractivity contribution < 1.29 is 0 Å². The zero-order chi connectivity index (χ0) is 19.2. The maximum absolute atomic E-state index is 6.31. The van der Waals surface area contributed by atoms with E-state index in [9.17, 15) is 0 Å². The van der Waals surface area contributed by atoms with Crippen molar-refractivity contribution in [2.45, 2.75) is 19.4 Å². The molecule has 2 aromatic rings. The summed E-state index contributed by atoms with van der Waals surface area (Å²) in [7, 11) is 0. The molecule has 0 radical (unpaired) electrons. The van der Waals surface area contributed by atoms with E-state index in [0.29, 0.717) is 11.9 Å². The Hall–Kier alpha value is -2.19. The summed E-state index contributed by atoms with van der Waals surface area (Å²) in [5, 5.41) is 2.16. The van der Waals surface area contributed by atoms with Gasteiger partial charge in [0.1, 0.15) is 0 Å². The highest BCUT2D eigenvalue weighted by Crippen LogP contribution is 2.20. The number of aliphatic imine (C=N–C) groups is 1. The van der Waals surface area contributed by atoms with Crippen LogP contribution in [0.3, 0.4) is 0 Å². The molecule has 4 rings (SSSR count). The third-order valence-electron chi connectivity index (χ3n) is 5.51. The molecule has 0 spiro atoms. The summed E-state index contributed by atoms with van der Waals surface area (Å²) in [6.07, 6.45) is 6.07. The Labute approximate surface area is 170 Å². The summed E-state index contributed by atoms with van der Waals surface area (Å²) in [6, 6.07) is 6.21. The molecule has 2 fully saturated rings. The van der Waals surface area contributed by atoms with E-state index < -0.39 is 0 Å². The smallest absolute Gasteiger partial charge is 0.225 e. The molecule has 2 aromatic heterocycles. The van der Waals surface area contributed by atoms with E-state index in [-0.39, 0.29) is 0 Å². The minimum Gasteiger partial charge on any atom is -0.370 e. The van der Waals surface area contributed by atoms with Gasteiger partial charge in [0, 0.05) is 63.1 Å². The maximum atomic E-state index is 6.31. The first-order valence-electron chi connectivity index (χ1n) is 10.1. The molecular weight excluding hydrogens is 370 g/mol. The molecule has 28 heavy (non-hydrogen) atoms. The number of guanidine groups is 1. The summed E-state index contributed by atoms with van der Waals surface area (Å²) < 4.78 is 0. The minimum absolute atomic E-state index is 0.603. The summed E-state index contributed by atoms with van der Waals surface area (Å²) in [4.78, 5) is 21.8. The van der Waals surface area contributed by atoms with Crippen LogP contribution >= 0.6 is 11.3 Å². The quantitative estimate of drug-likeness (QED) is 0.611. The van der Waals surface area contributed by atoms with Crippen LogP contribution in [0.1, 0.15) is 17.7 Å². The van der Waals surface area contributed by atoms with E-state index in [1.807, 2.05) is 17.4 Å². The van der Waals surface area contributed by atoms with Crippen molar-refractivity contribution >= 4 is 23.2 Å². The molecule has 0 aromatic carbocycles. The van der Waals surface area contributed by atoms with E-state index >= 15 is 0 Å². The first-order valence-corrected chi connectivity index (χ1v) is 11.0. The highest BCUT2D eigenvalue weighted by Gasteiger charge is 2.22. The lowest BCUT2D eigenvalue weighted by atomic mass is 9.98. The molecular formula is C20H29N7S. The van der Waals surface area contributed by atoms with E-state index in [0.717, 1.165) is 51.8 Å². The topological polar surface area (TPSA) is 73.9 Å².